The fourth-order valence-corrected chi connectivity index (χ4v) is 2.58. The first kappa shape index (κ1) is 13.5. The number of hydrogen-bond donors (Lipinski definition) is 1. The molecule has 0 radical (unpaired) electrons. The first-order valence-electron chi connectivity index (χ1n) is 5.84. The number of aromatic nitrogens is 3. The molecule has 2 aromatic rings. The largest absolute Gasteiger partial charge is 0.369 e. The molecular weight excluding hydrogens is 264 g/mol. The zero-order chi connectivity index (χ0) is 13.9. The fraction of sp³-hybridized carbons (Fsp3) is 0.333. The lowest BCUT2D eigenvalue weighted by Gasteiger charge is -2.09. The molecule has 0 amide bonds. The predicted octanol–water partition coefficient (Wildman–Crippen LogP) is 0.873. The molecule has 0 saturated heterocycles. The number of aryl methyl sites for hydroxylation is 1. The van der Waals surface area contributed by atoms with Gasteiger partial charge in [-0.2, -0.15) is 5.10 Å². The Balaban J connectivity index is 2.06. The molecule has 0 aliphatic rings. The number of pyridine rings is 1. The van der Waals surface area contributed by atoms with E-state index in [9.17, 15) is 8.42 Å². The summed E-state index contributed by atoms with van der Waals surface area (Å²) in [6.45, 7) is 0.596. The average Bonchev–Trinajstić information content (AvgIpc) is 2.75. The van der Waals surface area contributed by atoms with Gasteiger partial charge in [0.2, 0.25) is 0 Å². The van der Waals surface area contributed by atoms with E-state index in [-0.39, 0.29) is 4.90 Å². The summed E-state index contributed by atoms with van der Waals surface area (Å²) < 4.78 is 25.0. The molecule has 0 fully saturated rings. The zero-order valence-electron chi connectivity index (χ0n) is 10.9. The Hall–Kier alpha value is -1.89. The molecule has 0 aromatic carbocycles. The third kappa shape index (κ3) is 3.31. The molecule has 2 aromatic heterocycles. The number of nitrogens with one attached hydrogen (secondary N) is 1. The molecule has 0 aliphatic heterocycles. The van der Waals surface area contributed by atoms with Crippen molar-refractivity contribution in [1.82, 2.24) is 14.8 Å². The Kier molecular flexibility index (Phi) is 3.84. The fourth-order valence-electron chi connectivity index (χ4n) is 1.78. The minimum absolute atomic E-state index is 0.222. The highest BCUT2D eigenvalue weighted by molar-refractivity contribution is 7.90. The molecule has 0 atom stereocenters. The highest BCUT2D eigenvalue weighted by Gasteiger charge is 2.13. The van der Waals surface area contributed by atoms with Crippen molar-refractivity contribution in [2.24, 2.45) is 7.05 Å². The van der Waals surface area contributed by atoms with Crippen molar-refractivity contribution in [2.45, 2.75) is 11.3 Å². The van der Waals surface area contributed by atoms with Crippen molar-refractivity contribution in [3.63, 3.8) is 0 Å². The van der Waals surface area contributed by atoms with E-state index in [0.717, 1.165) is 12.1 Å². The van der Waals surface area contributed by atoms with Crippen LogP contribution >= 0.6 is 0 Å². The summed E-state index contributed by atoms with van der Waals surface area (Å²) in [5, 5.41) is 7.13. The van der Waals surface area contributed by atoms with Gasteiger partial charge in [0.25, 0.3) is 0 Å². The first-order valence-corrected chi connectivity index (χ1v) is 7.73. The van der Waals surface area contributed by atoms with Gasteiger partial charge in [-0.3, -0.25) is 4.68 Å². The monoisotopic (exact) mass is 280 g/mol. The van der Waals surface area contributed by atoms with Gasteiger partial charge in [0, 0.05) is 44.4 Å². The van der Waals surface area contributed by atoms with E-state index in [1.54, 1.807) is 29.2 Å². The van der Waals surface area contributed by atoms with Gasteiger partial charge in [-0.25, -0.2) is 13.4 Å². The molecule has 0 bridgehead atoms. The molecule has 1 N–H and O–H groups in total. The van der Waals surface area contributed by atoms with Crippen LogP contribution in [0.5, 0.6) is 0 Å². The van der Waals surface area contributed by atoms with Crippen molar-refractivity contribution < 1.29 is 8.42 Å². The standard InChI is InChI=1S/C12H16N4O2S/c1-16-10(6-9-15-16)5-8-14-12-11(19(2,17)18)4-3-7-13-12/h3-4,6-7,9H,5,8H2,1-2H3,(H,13,14). The highest BCUT2D eigenvalue weighted by Crippen LogP contribution is 2.17. The normalized spacial score (nSPS) is 11.5. The molecule has 102 valence electrons. The first-order chi connectivity index (χ1) is 8.98. The molecule has 0 spiro atoms. The van der Waals surface area contributed by atoms with Crippen LogP contribution in [0.3, 0.4) is 0 Å². The van der Waals surface area contributed by atoms with E-state index in [0.29, 0.717) is 12.4 Å². The summed E-state index contributed by atoms with van der Waals surface area (Å²) >= 11 is 0. The van der Waals surface area contributed by atoms with Crippen molar-refractivity contribution in [2.75, 3.05) is 18.1 Å². The molecule has 2 heterocycles. The number of hydrogen-bond acceptors (Lipinski definition) is 5. The summed E-state index contributed by atoms with van der Waals surface area (Å²) in [5.41, 5.74) is 1.07. The molecular formula is C12H16N4O2S. The van der Waals surface area contributed by atoms with Crippen LogP contribution in [0.1, 0.15) is 5.69 Å². The van der Waals surface area contributed by atoms with Gasteiger partial charge in [-0.15, -0.1) is 0 Å². The lowest BCUT2D eigenvalue weighted by Crippen LogP contribution is -2.12. The maximum absolute atomic E-state index is 11.6. The maximum atomic E-state index is 11.6. The quantitative estimate of drug-likeness (QED) is 0.879. The zero-order valence-corrected chi connectivity index (χ0v) is 11.7. The van der Waals surface area contributed by atoms with Gasteiger partial charge in [-0.05, 0) is 18.2 Å². The van der Waals surface area contributed by atoms with Crippen molar-refractivity contribution in [3.05, 3.63) is 36.3 Å². The van der Waals surface area contributed by atoms with E-state index in [4.69, 9.17) is 0 Å². The van der Waals surface area contributed by atoms with Gasteiger partial charge in [0.05, 0.1) is 0 Å². The number of sulfone groups is 1. The van der Waals surface area contributed by atoms with Gasteiger partial charge in [0.15, 0.2) is 9.84 Å². The summed E-state index contributed by atoms with van der Waals surface area (Å²) in [6, 6.07) is 5.09. The Morgan fingerprint density at radius 3 is 2.74 bits per heavy atom. The Labute approximate surface area is 112 Å². The Morgan fingerprint density at radius 2 is 2.11 bits per heavy atom. The molecule has 6 nitrogen and oxygen atoms in total. The smallest absolute Gasteiger partial charge is 0.179 e. The summed E-state index contributed by atoms with van der Waals surface area (Å²) in [4.78, 5) is 4.30. The lowest BCUT2D eigenvalue weighted by atomic mass is 10.3. The van der Waals surface area contributed by atoms with Crippen LogP contribution < -0.4 is 5.32 Å². The highest BCUT2D eigenvalue weighted by atomic mass is 32.2. The summed E-state index contributed by atoms with van der Waals surface area (Å²) in [6.07, 6.45) is 5.23. The summed E-state index contributed by atoms with van der Waals surface area (Å²) in [7, 11) is -1.40. The van der Waals surface area contributed by atoms with Crippen LogP contribution in [0.15, 0.2) is 35.5 Å². The lowest BCUT2D eigenvalue weighted by molar-refractivity contribution is 0.601. The molecule has 19 heavy (non-hydrogen) atoms. The van der Waals surface area contributed by atoms with E-state index in [2.05, 4.69) is 15.4 Å². The summed E-state index contributed by atoms with van der Waals surface area (Å²) in [5.74, 6) is 0.396. The van der Waals surface area contributed by atoms with Crippen molar-refractivity contribution >= 4 is 15.7 Å². The van der Waals surface area contributed by atoms with Crippen LogP contribution in [-0.4, -0.2) is 36.0 Å². The van der Waals surface area contributed by atoms with E-state index < -0.39 is 9.84 Å². The van der Waals surface area contributed by atoms with Gasteiger partial charge in [-0.1, -0.05) is 0 Å². The number of rotatable bonds is 5. The second-order valence-electron chi connectivity index (χ2n) is 4.25. The molecule has 0 saturated carbocycles. The second kappa shape index (κ2) is 5.40. The topological polar surface area (TPSA) is 76.9 Å². The second-order valence-corrected chi connectivity index (χ2v) is 6.23. The van der Waals surface area contributed by atoms with Gasteiger partial charge in [0.1, 0.15) is 10.7 Å². The molecule has 7 heteroatoms. The Morgan fingerprint density at radius 1 is 1.32 bits per heavy atom. The van der Waals surface area contributed by atoms with Crippen LogP contribution in [-0.2, 0) is 23.3 Å². The molecule has 0 unspecified atom stereocenters. The number of anilines is 1. The van der Waals surface area contributed by atoms with Crippen LogP contribution in [0.2, 0.25) is 0 Å². The average molecular weight is 280 g/mol. The van der Waals surface area contributed by atoms with E-state index in [1.165, 1.54) is 6.26 Å². The van der Waals surface area contributed by atoms with Crippen molar-refractivity contribution in [1.29, 1.82) is 0 Å². The SMILES string of the molecule is Cn1nccc1CCNc1ncccc1S(C)(=O)=O. The minimum Gasteiger partial charge on any atom is -0.369 e. The van der Waals surface area contributed by atoms with Crippen LogP contribution in [0.25, 0.3) is 0 Å². The third-order valence-electron chi connectivity index (χ3n) is 2.77. The van der Waals surface area contributed by atoms with Crippen LogP contribution in [0.4, 0.5) is 5.82 Å². The van der Waals surface area contributed by atoms with Gasteiger partial charge >= 0.3 is 0 Å². The van der Waals surface area contributed by atoms with Gasteiger partial charge < -0.3 is 5.32 Å². The predicted molar refractivity (Wildman–Crippen MR) is 72.7 cm³/mol. The Bertz CT molecular complexity index is 664. The van der Waals surface area contributed by atoms with Crippen molar-refractivity contribution in [3.8, 4) is 0 Å². The van der Waals surface area contributed by atoms with E-state index in [1.807, 2.05) is 13.1 Å². The molecule has 2 rings (SSSR count). The maximum Gasteiger partial charge on any atom is 0.179 e. The van der Waals surface area contributed by atoms with Crippen LogP contribution in [0, 0.1) is 0 Å². The molecule has 0 aliphatic carbocycles. The van der Waals surface area contributed by atoms with E-state index >= 15 is 0 Å². The third-order valence-corrected chi connectivity index (χ3v) is 3.89. The number of nitrogens with zero attached hydrogens (tertiary/aromatic N) is 3. The minimum atomic E-state index is -3.27.